The van der Waals surface area contributed by atoms with Gasteiger partial charge in [-0.15, -0.1) is 24.0 Å². The lowest BCUT2D eigenvalue weighted by molar-refractivity contribution is 0.267. The third-order valence-electron chi connectivity index (χ3n) is 4.91. The fraction of sp³-hybridized carbons (Fsp3) is 0.474. The van der Waals surface area contributed by atoms with E-state index in [9.17, 15) is 0 Å². The van der Waals surface area contributed by atoms with Crippen LogP contribution in [0, 0.1) is 13.8 Å². The number of nitrogens with one attached hydrogen (secondary N) is 2. The number of aryl methyl sites for hydroxylation is 2. The number of nitrogens with zero attached hydrogens (tertiary/aromatic N) is 3. The van der Waals surface area contributed by atoms with E-state index >= 15 is 0 Å². The zero-order chi connectivity index (χ0) is 17.8. The Bertz CT molecular complexity index is 771. The molecule has 1 aromatic carbocycles. The van der Waals surface area contributed by atoms with Gasteiger partial charge in [0.25, 0.3) is 0 Å². The first-order valence-corrected chi connectivity index (χ1v) is 8.75. The van der Waals surface area contributed by atoms with Crippen LogP contribution in [0.25, 0.3) is 0 Å². The number of halogens is 1. The molecule has 0 spiro atoms. The van der Waals surface area contributed by atoms with Crippen LogP contribution >= 0.6 is 24.0 Å². The fourth-order valence-corrected chi connectivity index (χ4v) is 3.31. The molecule has 1 aliphatic rings. The van der Waals surface area contributed by atoms with E-state index in [0.29, 0.717) is 5.92 Å². The number of ether oxygens (including phenoxy) is 1. The van der Waals surface area contributed by atoms with E-state index in [2.05, 4.69) is 39.8 Å². The molecule has 1 aromatic heterocycles. The summed E-state index contributed by atoms with van der Waals surface area (Å²) in [5, 5.41) is 11.3. The fourth-order valence-electron chi connectivity index (χ4n) is 3.31. The molecule has 1 aliphatic heterocycles. The Kier molecular flexibility index (Phi) is 7.31. The largest absolute Gasteiger partial charge is 0.493 e. The minimum absolute atomic E-state index is 0. The average molecular weight is 469 g/mol. The molecule has 2 heterocycles. The monoisotopic (exact) mass is 469 g/mol. The molecule has 0 saturated carbocycles. The van der Waals surface area contributed by atoms with Gasteiger partial charge in [0.15, 0.2) is 5.96 Å². The Morgan fingerprint density at radius 3 is 2.77 bits per heavy atom. The third-order valence-corrected chi connectivity index (χ3v) is 4.91. The van der Waals surface area contributed by atoms with E-state index in [0.717, 1.165) is 43.5 Å². The number of rotatable bonds is 4. The lowest BCUT2D eigenvalue weighted by Gasteiger charge is -2.26. The average Bonchev–Trinajstić information content (AvgIpc) is 2.87. The molecule has 1 atom stereocenters. The highest BCUT2D eigenvalue weighted by molar-refractivity contribution is 14.0. The molecular weight excluding hydrogens is 441 g/mol. The molecule has 0 amide bonds. The first-order valence-electron chi connectivity index (χ1n) is 8.75. The predicted molar refractivity (Wildman–Crippen MR) is 116 cm³/mol. The Morgan fingerprint density at radius 2 is 2.08 bits per heavy atom. The number of fused-ring (bicyclic) bond motifs is 1. The molecule has 26 heavy (non-hydrogen) atoms. The molecule has 0 aliphatic carbocycles. The maximum Gasteiger partial charge on any atom is 0.191 e. The Morgan fingerprint density at radius 1 is 1.31 bits per heavy atom. The second kappa shape index (κ2) is 9.25. The van der Waals surface area contributed by atoms with Crippen molar-refractivity contribution in [3.63, 3.8) is 0 Å². The molecule has 1 unspecified atom stereocenters. The zero-order valence-corrected chi connectivity index (χ0v) is 18.2. The number of hydrogen-bond acceptors (Lipinski definition) is 3. The van der Waals surface area contributed by atoms with E-state index in [4.69, 9.17) is 4.74 Å². The normalized spacial score (nSPS) is 16.3. The second-order valence-corrected chi connectivity index (χ2v) is 6.45. The lowest BCUT2D eigenvalue weighted by atomic mass is 9.93. The van der Waals surface area contributed by atoms with Crippen molar-refractivity contribution in [1.82, 2.24) is 20.4 Å². The minimum Gasteiger partial charge on any atom is -0.493 e. The highest BCUT2D eigenvalue weighted by atomic mass is 127. The summed E-state index contributed by atoms with van der Waals surface area (Å²) in [5.41, 5.74) is 4.73. The van der Waals surface area contributed by atoms with Crippen molar-refractivity contribution < 1.29 is 4.74 Å². The predicted octanol–water partition coefficient (Wildman–Crippen LogP) is 2.89. The smallest absolute Gasteiger partial charge is 0.191 e. The summed E-state index contributed by atoms with van der Waals surface area (Å²) in [6, 6.07) is 8.29. The zero-order valence-electron chi connectivity index (χ0n) is 15.9. The van der Waals surface area contributed by atoms with Gasteiger partial charge in [-0.2, -0.15) is 5.10 Å². The van der Waals surface area contributed by atoms with Gasteiger partial charge in [0, 0.05) is 44.4 Å². The van der Waals surface area contributed by atoms with Crippen LogP contribution < -0.4 is 15.4 Å². The quantitative estimate of drug-likeness (QED) is 0.411. The Hall–Kier alpha value is -1.77. The molecule has 0 bridgehead atoms. The van der Waals surface area contributed by atoms with Crippen LogP contribution in [0.15, 0.2) is 29.3 Å². The molecule has 3 rings (SSSR count). The number of hydrogen-bond donors (Lipinski definition) is 2. The molecule has 0 fully saturated rings. The SMILES string of the molecule is CN=C(NCc1c(C)nn(C)c1C)NCC1CCOc2ccccc21.I. The first kappa shape index (κ1) is 20.5. The molecule has 2 aromatic rings. The van der Waals surface area contributed by atoms with E-state index in [1.54, 1.807) is 7.05 Å². The maximum atomic E-state index is 5.74. The Balaban J connectivity index is 0.00000243. The summed E-state index contributed by atoms with van der Waals surface area (Å²) in [6.07, 6.45) is 1.02. The first-order chi connectivity index (χ1) is 12.1. The summed E-state index contributed by atoms with van der Waals surface area (Å²) in [5.74, 6) is 2.25. The van der Waals surface area contributed by atoms with Crippen LogP contribution in [0.1, 0.15) is 34.9 Å². The van der Waals surface area contributed by atoms with E-state index in [1.807, 2.05) is 30.8 Å². The van der Waals surface area contributed by atoms with Gasteiger partial charge in [0.1, 0.15) is 5.75 Å². The molecule has 142 valence electrons. The van der Waals surface area contributed by atoms with Gasteiger partial charge in [0.2, 0.25) is 0 Å². The lowest BCUT2D eigenvalue weighted by Crippen LogP contribution is -2.39. The van der Waals surface area contributed by atoms with Gasteiger partial charge in [-0.25, -0.2) is 0 Å². The molecule has 6 nitrogen and oxygen atoms in total. The summed E-state index contributed by atoms with van der Waals surface area (Å²) in [6.45, 7) is 6.45. The van der Waals surface area contributed by atoms with E-state index < -0.39 is 0 Å². The van der Waals surface area contributed by atoms with Crippen molar-refractivity contribution in [1.29, 1.82) is 0 Å². The van der Waals surface area contributed by atoms with Crippen LogP contribution in [0.2, 0.25) is 0 Å². The van der Waals surface area contributed by atoms with Gasteiger partial charge < -0.3 is 15.4 Å². The number of benzene rings is 1. The van der Waals surface area contributed by atoms with Crippen molar-refractivity contribution in [3.05, 3.63) is 46.8 Å². The van der Waals surface area contributed by atoms with Crippen molar-refractivity contribution in [2.75, 3.05) is 20.2 Å². The van der Waals surface area contributed by atoms with Crippen LogP contribution in [-0.4, -0.2) is 35.9 Å². The van der Waals surface area contributed by atoms with Crippen molar-refractivity contribution in [2.24, 2.45) is 12.0 Å². The molecule has 2 N–H and O–H groups in total. The highest BCUT2D eigenvalue weighted by Crippen LogP contribution is 2.32. The van der Waals surface area contributed by atoms with Gasteiger partial charge in [-0.05, 0) is 31.9 Å². The van der Waals surface area contributed by atoms with Crippen molar-refractivity contribution in [2.45, 2.75) is 32.7 Å². The Labute approximate surface area is 172 Å². The summed E-state index contributed by atoms with van der Waals surface area (Å²) < 4.78 is 7.66. The van der Waals surface area contributed by atoms with Crippen molar-refractivity contribution >= 4 is 29.9 Å². The number of para-hydroxylation sites is 1. The van der Waals surface area contributed by atoms with Gasteiger partial charge in [0.05, 0.1) is 12.3 Å². The second-order valence-electron chi connectivity index (χ2n) is 6.45. The summed E-state index contributed by atoms with van der Waals surface area (Å²) in [4.78, 5) is 4.35. The maximum absolute atomic E-state index is 5.74. The van der Waals surface area contributed by atoms with Crippen LogP contribution in [-0.2, 0) is 13.6 Å². The molecule has 0 saturated heterocycles. The standard InChI is InChI=1S/C19H27N5O.HI/c1-13-17(14(2)24(4)23-13)12-22-19(20-3)21-11-15-9-10-25-18-8-6-5-7-16(15)18;/h5-8,15H,9-12H2,1-4H3,(H2,20,21,22);1H. The number of aliphatic imine (C=N–C) groups is 1. The van der Waals surface area contributed by atoms with Crippen LogP contribution in [0.3, 0.4) is 0 Å². The van der Waals surface area contributed by atoms with Crippen LogP contribution in [0.5, 0.6) is 5.75 Å². The highest BCUT2D eigenvalue weighted by Gasteiger charge is 2.21. The molecule has 0 radical (unpaired) electrons. The summed E-state index contributed by atoms with van der Waals surface area (Å²) in [7, 11) is 3.78. The third kappa shape index (κ3) is 4.49. The number of guanidine groups is 1. The minimum atomic E-state index is 0. The topological polar surface area (TPSA) is 63.5 Å². The van der Waals surface area contributed by atoms with Gasteiger partial charge in [-0.1, -0.05) is 18.2 Å². The van der Waals surface area contributed by atoms with Gasteiger partial charge in [-0.3, -0.25) is 9.67 Å². The number of aromatic nitrogens is 2. The summed E-state index contributed by atoms with van der Waals surface area (Å²) >= 11 is 0. The van der Waals surface area contributed by atoms with E-state index in [-0.39, 0.29) is 24.0 Å². The van der Waals surface area contributed by atoms with E-state index in [1.165, 1.54) is 16.8 Å². The van der Waals surface area contributed by atoms with Crippen LogP contribution in [0.4, 0.5) is 0 Å². The van der Waals surface area contributed by atoms with Gasteiger partial charge >= 0.3 is 0 Å². The molecular formula is C19H28IN5O. The van der Waals surface area contributed by atoms with Crippen molar-refractivity contribution in [3.8, 4) is 5.75 Å². The molecule has 7 heteroatoms.